The first kappa shape index (κ1) is 12.3. The predicted molar refractivity (Wildman–Crippen MR) is 45.5 cm³/mol. The minimum atomic E-state index is -4.58. The van der Waals surface area contributed by atoms with Crippen molar-refractivity contribution in [3.63, 3.8) is 0 Å². The van der Waals surface area contributed by atoms with Gasteiger partial charge in [0.15, 0.2) is 0 Å². The zero-order chi connectivity index (χ0) is 12.3. The minimum absolute atomic E-state index is 0.408. The fourth-order valence-electron chi connectivity index (χ4n) is 1.00. The molecule has 0 fully saturated rings. The normalized spacial score (nSPS) is 11.2. The van der Waals surface area contributed by atoms with Crippen LogP contribution in [0.15, 0.2) is 18.2 Å². The van der Waals surface area contributed by atoms with Crippen molar-refractivity contribution in [3.8, 4) is 5.75 Å². The van der Waals surface area contributed by atoms with Crippen LogP contribution in [0.1, 0.15) is 15.9 Å². The fraction of sp³-hybridized carbons (Fsp3) is 0.222. The number of carbonyl (C=O) groups is 1. The van der Waals surface area contributed by atoms with E-state index in [9.17, 15) is 23.1 Å². The number of phenols is 1. The molecule has 0 aliphatic heterocycles. The summed E-state index contributed by atoms with van der Waals surface area (Å²) < 4.78 is 36.6. The number of hydrogen-bond acceptors (Lipinski definition) is 4. The Bertz CT molecular complexity index is 400. The molecule has 0 aliphatic carbocycles. The maximum absolute atomic E-state index is 12.2. The molecule has 0 unspecified atom stereocenters. The zero-order valence-electron chi connectivity index (χ0n) is 8.04. The molecule has 7 heteroatoms. The van der Waals surface area contributed by atoms with Crippen LogP contribution in [0.4, 0.5) is 13.2 Å². The van der Waals surface area contributed by atoms with Crippen molar-refractivity contribution in [1.29, 1.82) is 0 Å². The van der Waals surface area contributed by atoms with Crippen molar-refractivity contribution in [2.24, 2.45) is 0 Å². The molecule has 4 nitrogen and oxygen atoms in total. The summed E-state index contributed by atoms with van der Waals surface area (Å²) in [6, 6.07) is 1.90. The maximum atomic E-state index is 12.2. The Kier molecular flexibility index (Phi) is 3.38. The Morgan fingerprint density at radius 2 is 2.00 bits per heavy atom. The third kappa shape index (κ3) is 2.63. The van der Waals surface area contributed by atoms with Gasteiger partial charge in [0.2, 0.25) is 0 Å². The Labute approximate surface area is 88.1 Å². The van der Waals surface area contributed by atoms with E-state index in [-0.39, 0.29) is 0 Å². The van der Waals surface area contributed by atoms with Crippen molar-refractivity contribution in [2.75, 3.05) is 7.11 Å². The van der Waals surface area contributed by atoms with Gasteiger partial charge in [0.05, 0.1) is 12.7 Å². The van der Waals surface area contributed by atoms with Crippen LogP contribution in [-0.4, -0.2) is 18.2 Å². The topological polar surface area (TPSA) is 55.8 Å². The third-order valence-electron chi connectivity index (χ3n) is 1.70. The lowest BCUT2D eigenvalue weighted by molar-refractivity contribution is -0.216. The highest BCUT2D eigenvalue weighted by Gasteiger charge is 2.31. The van der Waals surface area contributed by atoms with Crippen LogP contribution in [-0.2, 0) is 16.0 Å². The second kappa shape index (κ2) is 4.40. The second-order valence-corrected chi connectivity index (χ2v) is 2.77. The average Bonchev–Trinajstić information content (AvgIpc) is 2.16. The molecule has 0 aliphatic rings. The van der Waals surface area contributed by atoms with Crippen LogP contribution < -0.4 is 0 Å². The van der Waals surface area contributed by atoms with Gasteiger partial charge >= 0.3 is 12.1 Å². The number of halogens is 3. The molecule has 0 amide bonds. The number of carbonyl (C=O) groups excluding carboxylic acids is 1. The lowest BCUT2D eigenvalue weighted by atomic mass is 10.1. The molecule has 0 bridgehead atoms. The summed E-state index contributed by atoms with van der Waals surface area (Å²) in [7, 11) is 1.05. The van der Waals surface area contributed by atoms with E-state index in [1.165, 1.54) is 0 Å². The Morgan fingerprint density at radius 1 is 1.38 bits per heavy atom. The quantitative estimate of drug-likeness (QED) is 0.631. The first-order valence-electron chi connectivity index (χ1n) is 4.01. The van der Waals surface area contributed by atoms with Crippen LogP contribution in [0, 0.1) is 0 Å². The van der Waals surface area contributed by atoms with Gasteiger partial charge in [0, 0.05) is 0 Å². The SMILES string of the molecule is COOC(=O)c1ccc(C(F)(F)F)cc1O. The van der Waals surface area contributed by atoms with E-state index in [2.05, 4.69) is 9.78 Å². The summed E-state index contributed by atoms with van der Waals surface area (Å²) in [5.41, 5.74) is -1.46. The number of phenolic OH excluding ortho intramolecular Hbond substituents is 1. The highest BCUT2D eigenvalue weighted by Crippen LogP contribution is 2.32. The van der Waals surface area contributed by atoms with Gasteiger partial charge in [-0.25, -0.2) is 4.79 Å². The van der Waals surface area contributed by atoms with Gasteiger partial charge in [0.1, 0.15) is 11.3 Å². The summed E-state index contributed by atoms with van der Waals surface area (Å²) in [5, 5.41) is 9.20. The van der Waals surface area contributed by atoms with Gasteiger partial charge in [0.25, 0.3) is 0 Å². The van der Waals surface area contributed by atoms with Gasteiger partial charge in [-0.3, -0.25) is 4.89 Å². The smallest absolute Gasteiger partial charge is 0.416 e. The summed E-state index contributed by atoms with van der Waals surface area (Å²) >= 11 is 0. The van der Waals surface area contributed by atoms with E-state index in [1.807, 2.05) is 0 Å². The molecule has 0 radical (unpaired) electrons. The van der Waals surface area contributed by atoms with Gasteiger partial charge in [-0.05, 0) is 18.2 Å². The monoisotopic (exact) mass is 236 g/mol. The number of aromatic hydroxyl groups is 1. The molecule has 1 rings (SSSR count). The lowest BCUT2D eigenvalue weighted by Crippen LogP contribution is -2.08. The van der Waals surface area contributed by atoms with Crippen molar-refractivity contribution in [3.05, 3.63) is 29.3 Å². The highest BCUT2D eigenvalue weighted by atomic mass is 19.4. The predicted octanol–water partition coefficient (Wildman–Crippen LogP) is 2.13. The summed E-state index contributed by atoms with van der Waals surface area (Å²) in [6.07, 6.45) is -4.58. The van der Waals surface area contributed by atoms with Gasteiger partial charge in [-0.1, -0.05) is 0 Å². The molecule has 0 spiro atoms. The van der Waals surface area contributed by atoms with Crippen molar-refractivity contribution in [2.45, 2.75) is 6.18 Å². The zero-order valence-corrected chi connectivity index (χ0v) is 8.04. The van der Waals surface area contributed by atoms with Gasteiger partial charge in [-0.2, -0.15) is 18.1 Å². The third-order valence-corrected chi connectivity index (χ3v) is 1.70. The standard InChI is InChI=1S/C9H7F3O4/c1-15-16-8(14)6-3-2-5(4-7(6)13)9(10,11)12/h2-4,13H,1H3. The molecular formula is C9H7F3O4. The summed E-state index contributed by atoms with van der Waals surface area (Å²) in [4.78, 5) is 19.1. The van der Waals surface area contributed by atoms with Gasteiger partial charge < -0.3 is 5.11 Å². The van der Waals surface area contributed by atoms with Crippen molar-refractivity contribution < 1.29 is 32.8 Å². The number of benzene rings is 1. The molecule has 0 heterocycles. The van der Waals surface area contributed by atoms with Crippen LogP contribution in [0.2, 0.25) is 0 Å². The minimum Gasteiger partial charge on any atom is -0.507 e. The van der Waals surface area contributed by atoms with Gasteiger partial charge in [-0.15, -0.1) is 0 Å². The van der Waals surface area contributed by atoms with Crippen LogP contribution >= 0.6 is 0 Å². The lowest BCUT2D eigenvalue weighted by Gasteiger charge is -2.08. The summed E-state index contributed by atoms with van der Waals surface area (Å²) in [5.74, 6) is -1.90. The second-order valence-electron chi connectivity index (χ2n) is 2.77. The maximum Gasteiger partial charge on any atom is 0.416 e. The molecule has 0 saturated heterocycles. The molecule has 1 aromatic rings. The molecule has 0 atom stereocenters. The first-order chi connectivity index (χ1) is 7.36. The Balaban J connectivity index is 3.05. The van der Waals surface area contributed by atoms with E-state index >= 15 is 0 Å². The van der Waals surface area contributed by atoms with E-state index in [1.54, 1.807) is 0 Å². The molecule has 0 aromatic heterocycles. The fourth-order valence-corrected chi connectivity index (χ4v) is 1.00. The van der Waals surface area contributed by atoms with Crippen molar-refractivity contribution >= 4 is 5.97 Å². The largest absolute Gasteiger partial charge is 0.507 e. The van der Waals surface area contributed by atoms with E-state index in [4.69, 9.17) is 0 Å². The molecule has 16 heavy (non-hydrogen) atoms. The molecular weight excluding hydrogens is 229 g/mol. The van der Waals surface area contributed by atoms with E-state index in [0.29, 0.717) is 12.1 Å². The molecule has 1 N–H and O–H groups in total. The molecule has 88 valence electrons. The molecule has 1 aromatic carbocycles. The summed E-state index contributed by atoms with van der Waals surface area (Å²) in [6.45, 7) is 0. The van der Waals surface area contributed by atoms with E-state index < -0.39 is 29.0 Å². The van der Waals surface area contributed by atoms with Crippen LogP contribution in [0.5, 0.6) is 5.75 Å². The van der Waals surface area contributed by atoms with Crippen LogP contribution in [0.3, 0.4) is 0 Å². The first-order valence-corrected chi connectivity index (χ1v) is 4.01. The average molecular weight is 236 g/mol. The number of alkyl halides is 3. The number of rotatable bonds is 2. The Hall–Kier alpha value is -1.76. The highest BCUT2D eigenvalue weighted by molar-refractivity contribution is 5.92. The molecule has 0 saturated carbocycles. The van der Waals surface area contributed by atoms with Crippen LogP contribution in [0.25, 0.3) is 0 Å². The Morgan fingerprint density at radius 3 is 2.44 bits per heavy atom. The van der Waals surface area contributed by atoms with Crippen molar-refractivity contribution in [1.82, 2.24) is 0 Å². The van der Waals surface area contributed by atoms with E-state index in [0.717, 1.165) is 13.2 Å². The number of hydrogen-bond donors (Lipinski definition) is 1.